The number of hydrogen-bond acceptors (Lipinski definition) is 4. The molecule has 25 heavy (non-hydrogen) atoms. The van der Waals surface area contributed by atoms with Crippen molar-refractivity contribution in [2.75, 3.05) is 20.8 Å². The summed E-state index contributed by atoms with van der Waals surface area (Å²) in [7, 11) is 3.19. The van der Waals surface area contributed by atoms with Gasteiger partial charge in [-0.3, -0.25) is 4.79 Å². The maximum Gasteiger partial charge on any atom is 0.251 e. The largest absolute Gasteiger partial charge is 0.497 e. The molecule has 2 aliphatic carbocycles. The van der Waals surface area contributed by atoms with Gasteiger partial charge in [0.15, 0.2) is 0 Å². The third-order valence-electron chi connectivity index (χ3n) is 6.29. The fourth-order valence-electron chi connectivity index (χ4n) is 5.03. The van der Waals surface area contributed by atoms with Crippen LogP contribution in [0, 0.1) is 17.8 Å². The van der Waals surface area contributed by atoms with E-state index in [1.165, 1.54) is 25.7 Å². The van der Waals surface area contributed by atoms with Gasteiger partial charge in [0.25, 0.3) is 5.91 Å². The van der Waals surface area contributed by atoms with Crippen LogP contribution in [0.1, 0.15) is 42.5 Å². The maximum atomic E-state index is 12.9. The smallest absolute Gasteiger partial charge is 0.251 e. The van der Waals surface area contributed by atoms with Crippen LogP contribution in [0.15, 0.2) is 18.2 Å². The van der Waals surface area contributed by atoms with Gasteiger partial charge >= 0.3 is 0 Å². The quantitative estimate of drug-likeness (QED) is 0.891. The molecule has 5 heteroatoms. The van der Waals surface area contributed by atoms with Crippen molar-refractivity contribution in [3.8, 4) is 11.5 Å². The van der Waals surface area contributed by atoms with Crippen molar-refractivity contribution >= 4 is 5.91 Å². The van der Waals surface area contributed by atoms with E-state index in [0.717, 1.165) is 13.0 Å². The number of ether oxygens (including phenoxy) is 3. The van der Waals surface area contributed by atoms with Gasteiger partial charge in [-0.25, -0.2) is 0 Å². The van der Waals surface area contributed by atoms with Gasteiger partial charge in [0, 0.05) is 36.1 Å². The summed E-state index contributed by atoms with van der Waals surface area (Å²) in [4.78, 5) is 12.9. The number of carbonyl (C=O) groups excluding carboxylic acids is 1. The van der Waals surface area contributed by atoms with Gasteiger partial charge in [-0.05, 0) is 24.5 Å². The lowest BCUT2D eigenvalue weighted by Gasteiger charge is -2.50. The van der Waals surface area contributed by atoms with Crippen molar-refractivity contribution in [3.63, 3.8) is 0 Å². The van der Waals surface area contributed by atoms with Crippen LogP contribution >= 0.6 is 0 Å². The molecule has 0 spiro atoms. The van der Waals surface area contributed by atoms with Crippen molar-refractivity contribution in [2.45, 2.75) is 44.2 Å². The van der Waals surface area contributed by atoms with Crippen LogP contribution in [0.25, 0.3) is 0 Å². The number of rotatable bonds is 5. The van der Waals surface area contributed by atoms with Crippen LogP contribution in [0.4, 0.5) is 0 Å². The Bertz CT molecular complexity index is 614. The van der Waals surface area contributed by atoms with Gasteiger partial charge in [0.05, 0.1) is 20.3 Å². The van der Waals surface area contributed by atoms with Crippen molar-refractivity contribution in [3.05, 3.63) is 23.8 Å². The molecule has 0 bridgehead atoms. The Balaban J connectivity index is 1.51. The lowest BCUT2D eigenvalue weighted by molar-refractivity contribution is -0.0784. The molecule has 1 N–H and O–H groups in total. The molecule has 0 unspecified atom stereocenters. The Morgan fingerprint density at radius 3 is 2.40 bits per heavy atom. The third-order valence-corrected chi connectivity index (χ3v) is 6.29. The van der Waals surface area contributed by atoms with Crippen molar-refractivity contribution < 1.29 is 19.0 Å². The zero-order valence-electron chi connectivity index (χ0n) is 15.0. The second-order valence-corrected chi connectivity index (χ2v) is 7.51. The number of nitrogens with one attached hydrogen (secondary N) is 1. The molecule has 0 radical (unpaired) electrons. The molecular weight excluding hydrogens is 318 g/mol. The van der Waals surface area contributed by atoms with E-state index in [4.69, 9.17) is 14.2 Å². The maximum absolute atomic E-state index is 12.9. The second kappa shape index (κ2) is 6.87. The zero-order chi connectivity index (χ0) is 17.4. The van der Waals surface area contributed by atoms with Crippen LogP contribution in [-0.2, 0) is 4.74 Å². The monoisotopic (exact) mass is 345 g/mol. The van der Waals surface area contributed by atoms with Gasteiger partial charge in [0.2, 0.25) is 0 Å². The van der Waals surface area contributed by atoms with E-state index in [-0.39, 0.29) is 11.9 Å². The average Bonchev–Trinajstić information content (AvgIpc) is 3.30. The Morgan fingerprint density at radius 1 is 1.08 bits per heavy atom. The second-order valence-electron chi connectivity index (χ2n) is 7.51. The lowest BCUT2D eigenvalue weighted by atomic mass is 9.61. The number of methoxy groups -OCH3 is 2. The minimum Gasteiger partial charge on any atom is -0.497 e. The Kier molecular flexibility index (Phi) is 4.59. The summed E-state index contributed by atoms with van der Waals surface area (Å²) < 4.78 is 16.5. The predicted molar refractivity (Wildman–Crippen MR) is 94.1 cm³/mol. The number of amides is 1. The van der Waals surface area contributed by atoms with Crippen molar-refractivity contribution in [2.24, 2.45) is 17.8 Å². The molecule has 0 aromatic heterocycles. The van der Waals surface area contributed by atoms with E-state index in [0.29, 0.717) is 40.9 Å². The van der Waals surface area contributed by atoms with Crippen LogP contribution in [0.2, 0.25) is 0 Å². The van der Waals surface area contributed by atoms with E-state index in [2.05, 4.69) is 5.32 Å². The Morgan fingerprint density at radius 2 is 1.76 bits per heavy atom. The number of carbonyl (C=O) groups is 1. The van der Waals surface area contributed by atoms with Gasteiger partial charge in [-0.1, -0.05) is 25.7 Å². The Hall–Kier alpha value is -1.75. The van der Waals surface area contributed by atoms with Crippen LogP contribution in [0.5, 0.6) is 11.5 Å². The van der Waals surface area contributed by atoms with Crippen LogP contribution < -0.4 is 14.8 Å². The molecule has 1 amide bonds. The summed E-state index contributed by atoms with van der Waals surface area (Å²) in [6, 6.07) is 5.55. The number of fused-ring (bicyclic) bond motifs is 1. The first-order valence-corrected chi connectivity index (χ1v) is 9.37. The van der Waals surface area contributed by atoms with E-state index >= 15 is 0 Å². The minimum absolute atomic E-state index is 0.0458. The standard InChI is InChI=1S/C20H27NO4/c1-23-14-9-13(10-15(11-14)24-2)20(22)21-18-16-7-8-25-19(16)17(18)12-5-3-4-6-12/h9-12,16-19H,3-8H2,1-2H3,(H,21,22)/t16-,17+,18-,19-/m0/s1. The highest BCUT2D eigenvalue weighted by Gasteiger charge is 2.57. The van der Waals surface area contributed by atoms with E-state index in [1.807, 2.05) is 0 Å². The highest BCUT2D eigenvalue weighted by atomic mass is 16.5. The summed E-state index contributed by atoms with van der Waals surface area (Å²) in [5.41, 5.74) is 0.587. The molecule has 1 saturated heterocycles. The summed E-state index contributed by atoms with van der Waals surface area (Å²) in [5, 5.41) is 3.30. The normalized spacial score (nSPS) is 31.3. The topological polar surface area (TPSA) is 56.8 Å². The van der Waals surface area contributed by atoms with Gasteiger partial charge < -0.3 is 19.5 Å². The SMILES string of the molecule is COc1cc(OC)cc(C(=O)N[C@H]2[C@@H]3CCO[C@@H]3[C@@H]2C2CCCC2)c1. The molecule has 3 aliphatic rings. The molecular formula is C20H27NO4. The predicted octanol–water partition coefficient (Wildman–Crippen LogP) is 3.03. The molecule has 1 aromatic carbocycles. The molecule has 1 aliphatic heterocycles. The number of hydrogen-bond donors (Lipinski definition) is 1. The zero-order valence-corrected chi connectivity index (χ0v) is 15.0. The summed E-state index contributed by atoms with van der Waals surface area (Å²) in [6.07, 6.45) is 6.58. The first-order chi connectivity index (χ1) is 12.2. The molecule has 136 valence electrons. The highest BCUT2D eigenvalue weighted by Crippen LogP contribution is 2.51. The van der Waals surface area contributed by atoms with E-state index < -0.39 is 0 Å². The molecule has 1 aromatic rings. The minimum atomic E-state index is -0.0458. The van der Waals surface area contributed by atoms with E-state index in [1.54, 1.807) is 32.4 Å². The fraction of sp³-hybridized carbons (Fsp3) is 0.650. The summed E-state index contributed by atoms with van der Waals surface area (Å²) >= 11 is 0. The van der Waals surface area contributed by atoms with E-state index in [9.17, 15) is 4.79 Å². The summed E-state index contributed by atoms with van der Waals surface area (Å²) in [6.45, 7) is 0.831. The van der Waals surface area contributed by atoms with Crippen LogP contribution in [0.3, 0.4) is 0 Å². The van der Waals surface area contributed by atoms with Gasteiger partial charge in [-0.15, -0.1) is 0 Å². The summed E-state index contributed by atoms with van der Waals surface area (Å²) in [5.74, 6) is 2.87. The van der Waals surface area contributed by atoms with Gasteiger partial charge in [-0.2, -0.15) is 0 Å². The molecule has 2 saturated carbocycles. The fourth-order valence-corrected chi connectivity index (χ4v) is 5.03. The number of benzene rings is 1. The van der Waals surface area contributed by atoms with Crippen molar-refractivity contribution in [1.82, 2.24) is 5.32 Å². The average molecular weight is 345 g/mol. The molecule has 4 atom stereocenters. The van der Waals surface area contributed by atoms with Crippen molar-refractivity contribution in [1.29, 1.82) is 0 Å². The first kappa shape index (κ1) is 16.7. The van der Waals surface area contributed by atoms with Gasteiger partial charge in [0.1, 0.15) is 11.5 Å². The third kappa shape index (κ3) is 2.99. The molecule has 1 heterocycles. The lowest BCUT2D eigenvalue weighted by Crippen LogP contribution is -2.63. The molecule has 4 rings (SSSR count). The highest BCUT2D eigenvalue weighted by molar-refractivity contribution is 5.95. The first-order valence-electron chi connectivity index (χ1n) is 9.37. The molecule has 3 fully saturated rings. The van der Waals surface area contributed by atoms with Crippen LogP contribution in [-0.4, -0.2) is 38.9 Å². The Labute approximate surface area is 149 Å². The molecule has 5 nitrogen and oxygen atoms in total.